The molecule has 0 amide bonds. The van der Waals surface area contributed by atoms with Crippen molar-refractivity contribution in [3.8, 4) is 5.75 Å². The average molecular weight is 288 g/mol. The van der Waals surface area contributed by atoms with Gasteiger partial charge in [0.15, 0.2) is 0 Å². The molecule has 0 unspecified atom stereocenters. The fraction of sp³-hybridized carbons (Fsp3) is 0.647. The molecule has 0 saturated carbocycles. The van der Waals surface area contributed by atoms with E-state index in [0.717, 1.165) is 70.9 Å². The van der Waals surface area contributed by atoms with Gasteiger partial charge in [-0.1, -0.05) is 0 Å². The van der Waals surface area contributed by atoms with E-state index in [2.05, 4.69) is 22.3 Å². The summed E-state index contributed by atoms with van der Waals surface area (Å²) in [4.78, 5) is 2.57. The van der Waals surface area contributed by atoms with Gasteiger partial charge < -0.3 is 19.7 Å². The summed E-state index contributed by atoms with van der Waals surface area (Å²) < 4.78 is 11.5. The fourth-order valence-corrected chi connectivity index (χ4v) is 3.78. The van der Waals surface area contributed by atoms with Gasteiger partial charge in [-0.3, -0.25) is 0 Å². The molecule has 1 aromatic carbocycles. The van der Waals surface area contributed by atoms with Crippen LogP contribution in [-0.2, 0) is 17.6 Å². The molecule has 0 spiro atoms. The van der Waals surface area contributed by atoms with Crippen molar-refractivity contribution in [1.29, 1.82) is 0 Å². The van der Waals surface area contributed by atoms with Crippen molar-refractivity contribution >= 4 is 5.69 Å². The first-order valence-corrected chi connectivity index (χ1v) is 8.25. The predicted octanol–water partition coefficient (Wildman–Crippen LogP) is 1.75. The summed E-state index contributed by atoms with van der Waals surface area (Å²) in [6.07, 6.45) is 4.52. The van der Waals surface area contributed by atoms with E-state index in [4.69, 9.17) is 9.47 Å². The van der Waals surface area contributed by atoms with Crippen molar-refractivity contribution in [1.82, 2.24) is 5.32 Å². The Morgan fingerprint density at radius 1 is 1.00 bits per heavy atom. The summed E-state index contributed by atoms with van der Waals surface area (Å²) in [5.41, 5.74) is 4.28. The lowest BCUT2D eigenvalue weighted by Crippen LogP contribution is -2.44. The first-order valence-electron chi connectivity index (χ1n) is 8.25. The van der Waals surface area contributed by atoms with Crippen LogP contribution in [0.2, 0.25) is 0 Å². The van der Waals surface area contributed by atoms with E-state index in [-0.39, 0.29) is 0 Å². The number of fused-ring (bicyclic) bond motifs is 2. The molecule has 21 heavy (non-hydrogen) atoms. The predicted molar refractivity (Wildman–Crippen MR) is 83.4 cm³/mol. The minimum atomic E-state index is 0.614. The van der Waals surface area contributed by atoms with Crippen molar-refractivity contribution in [2.24, 2.45) is 0 Å². The lowest BCUT2D eigenvalue weighted by molar-refractivity contribution is 0.0827. The molecular formula is C17H24N2O2. The number of anilines is 1. The average Bonchev–Trinajstić information content (AvgIpc) is 2.78. The van der Waals surface area contributed by atoms with Crippen molar-refractivity contribution in [2.75, 3.05) is 44.4 Å². The first kappa shape index (κ1) is 13.4. The van der Waals surface area contributed by atoms with Crippen molar-refractivity contribution in [3.63, 3.8) is 0 Å². The largest absolute Gasteiger partial charge is 0.490 e. The van der Waals surface area contributed by atoms with E-state index in [9.17, 15) is 0 Å². The highest BCUT2D eigenvalue weighted by molar-refractivity contribution is 5.64. The van der Waals surface area contributed by atoms with Crippen LogP contribution in [0.5, 0.6) is 5.75 Å². The second-order valence-corrected chi connectivity index (χ2v) is 6.22. The van der Waals surface area contributed by atoms with Crippen LogP contribution in [-0.4, -0.2) is 45.5 Å². The van der Waals surface area contributed by atoms with Gasteiger partial charge >= 0.3 is 0 Å². The van der Waals surface area contributed by atoms with Crippen LogP contribution < -0.4 is 15.0 Å². The molecule has 0 aliphatic carbocycles. The molecule has 0 aromatic heterocycles. The van der Waals surface area contributed by atoms with Crippen LogP contribution in [0, 0.1) is 0 Å². The number of rotatable bonds is 1. The third-order valence-electron chi connectivity index (χ3n) is 4.95. The first-order chi connectivity index (χ1) is 10.4. The van der Waals surface area contributed by atoms with Crippen LogP contribution in [0.25, 0.3) is 0 Å². The highest BCUT2D eigenvalue weighted by Crippen LogP contribution is 2.37. The normalized spacial score (nSPS) is 23.0. The molecule has 1 saturated heterocycles. The van der Waals surface area contributed by atoms with Gasteiger partial charge in [0, 0.05) is 19.3 Å². The monoisotopic (exact) mass is 288 g/mol. The Hall–Kier alpha value is -1.26. The van der Waals surface area contributed by atoms with Gasteiger partial charge in [0.05, 0.1) is 12.2 Å². The number of benzene rings is 1. The summed E-state index contributed by atoms with van der Waals surface area (Å²) in [5.74, 6) is 1.09. The van der Waals surface area contributed by atoms with Crippen LogP contribution in [0.3, 0.4) is 0 Å². The molecule has 114 valence electrons. The van der Waals surface area contributed by atoms with Gasteiger partial charge in [-0.05, 0) is 62.0 Å². The second kappa shape index (κ2) is 5.85. The number of hydrogen-bond donors (Lipinski definition) is 1. The summed E-state index contributed by atoms with van der Waals surface area (Å²) in [6, 6.07) is 5.30. The third-order valence-corrected chi connectivity index (χ3v) is 4.95. The molecule has 1 aromatic rings. The zero-order valence-corrected chi connectivity index (χ0v) is 12.6. The Morgan fingerprint density at radius 3 is 2.57 bits per heavy atom. The van der Waals surface area contributed by atoms with E-state index in [1.54, 1.807) is 0 Å². The number of nitrogens with zero attached hydrogens (tertiary/aromatic N) is 1. The van der Waals surface area contributed by atoms with Gasteiger partial charge in [0.1, 0.15) is 12.4 Å². The van der Waals surface area contributed by atoms with Gasteiger partial charge in [-0.15, -0.1) is 0 Å². The van der Waals surface area contributed by atoms with E-state index in [1.165, 1.54) is 16.8 Å². The lowest BCUT2D eigenvalue weighted by atomic mass is 9.98. The lowest BCUT2D eigenvalue weighted by Gasteiger charge is -2.40. The van der Waals surface area contributed by atoms with Crippen molar-refractivity contribution in [2.45, 2.75) is 31.7 Å². The maximum Gasteiger partial charge on any atom is 0.142 e. The van der Waals surface area contributed by atoms with Crippen LogP contribution in [0.4, 0.5) is 5.69 Å². The van der Waals surface area contributed by atoms with Crippen molar-refractivity contribution < 1.29 is 9.47 Å². The Balaban J connectivity index is 1.68. The quantitative estimate of drug-likeness (QED) is 0.854. The van der Waals surface area contributed by atoms with Crippen LogP contribution >= 0.6 is 0 Å². The Labute approximate surface area is 126 Å². The Morgan fingerprint density at radius 2 is 1.76 bits per heavy atom. The molecule has 3 aliphatic rings. The second-order valence-electron chi connectivity index (χ2n) is 6.22. The molecule has 4 nitrogen and oxygen atoms in total. The molecule has 3 aliphatic heterocycles. The summed E-state index contributed by atoms with van der Waals surface area (Å²) in [5, 5.41) is 3.49. The maximum absolute atomic E-state index is 5.96. The zero-order valence-electron chi connectivity index (χ0n) is 12.6. The zero-order chi connectivity index (χ0) is 14.1. The minimum absolute atomic E-state index is 0.614. The molecule has 1 fully saturated rings. The molecule has 4 heteroatoms. The topological polar surface area (TPSA) is 33.7 Å². The Bertz CT molecular complexity index is 512. The molecule has 3 heterocycles. The summed E-state index contributed by atoms with van der Waals surface area (Å²) in [7, 11) is 0. The van der Waals surface area contributed by atoms with E-state index >= 15 is 0 Å². The molecule has 4 rings (SSSR count). The van der Waals surface area contributed by atoms with Gasteiger partial charge in [-0.2, -0.15) is 0 Å². The summed E-state index contributed by atoms with van der Waals surface area (Å²) in [6.45, 7) is 5.77. The van der Waals surface area contributed by atoms with Gasteiger partial charge in [0.25, 0.3) is 0 Å². The third kappa shape index (κ3) is 2.62. The molecule has 0 bridgehead atoms. The maximum atomic E-state index is 5.96. The molecule has 0 radical (unpaired) electrons. The minimum Gasteiger partial charge on any atom is -0.490 e. The standard InChI is InChI=1S/C17H24N2O2/c1-5-18-6-2-14-12-17-16(11-13(1)14)19(7-10-21-17)15-3-8-20-9-4-15/h11-12,15,18H,1-10H2. The van der Waals surface area contributed by atoms with Crippen LogP contribution in [0.15, 0.2) is 12.1 Å². The van der Waals surface area contributed by atoms with E-state index in [0.29, 0.717) is 6.04 Å². The molecule has 0 atom stereocenters. The van der Waals surface area contributed by atoms with E-state index in [1.807, 2.05) is 0 Å². The fourth-order valence-electron chi connectivity index (χ4n) is 3.78. The highest BCUT2D eigenvalue weighted by atomic mass is 16.5. The highest BCUT2D eigenvalue weighted by Gasteiger charge is 2.28. The Kier molecular flexibility index (Phi) is 3.74. The molecular weight excluding hydrogens is 264 g/mol. The van der Waals surface area contributed by atoms with E-state index < -0.39 is 0 Å². The van der Waals surface area contributed by atoms with Gasteiger partial charge in [0.2, 0.25) is 0 Å². The summed E-state index contributed by atoms with van der Waals surface area (Å²) >= 11 is 0. The van der Waals surface area contributed by atoms with Gasteiger partial charge in [-0.25, -0.2) is 0 Å². The smallest absolute Gasteiger partial charge is 0.142 e. The van der Waals surface area contributed by atoms with Crippen molar-refractivity contribution in [3.05, 3.63) is 23.3 Å². The number of nitrogens with one attached hydrogen (secondary N) is 1. The van der Waals surface area contributed by atoms with Crippen LogP contribution in [0.1, 0.15) is 24.0 Å². The SMILES string of the molecule is c1c2c(cc3c1OCCN3C1CCOCC1)CCNCC2. The number of ether oxygens (including phenoxy) is 2. The molecule has 1 N–H and O–H groups in total. The number of hydrogen-bond acceptors (Lipinski definition) is 4.